The normalized spacial score (nSPS) is 28.8. The maximum absolute atomic E-state index is 13.6. The number of hydrogen-bond donors (Lipinski definition) is 1. The van der Waals surface area contributed by atoms with Gasteiger partial charge in [-0.15, -0.1) is 0 Å². The molecule has 0 spiro atoms. The Morgan fingerprint density at radius 3 is 2.35 bits per heavy atom. The first kappa shape index (κ1) is 29.6. The Balaban J connectivity index is 1.35. The summed E-state index contributed by atoms with van der Waals surface area (Å²) in [7, 11) is -9.88. The highest BCUT2D eigenvalue weighted by molar-refractivity contribution is 7.89. The molecule has 2 saturated carbocycles. The van der Waals surface area contributed by atoms with Gasteiger partial charge in [0.05, 0.1) is 4.90 Å². The van der Waals surface area contributed by atoms with Crippen molar-refractivity contribution in [2.24, 2.45) is 22.4 Å². The molecular weight excluding hydrogens is 563 g/mol. The van der Waals surface area contributed by atoms with Gasteiger partial charge in [0, 0.05) is 6.07 Å². The van der Waals surface area contributed by atoms with Crippen LogP contribution in [0.25, 0.3) is 0 Å². The minimum atomic E-state index is -3.99. The van der Waals surface area contributed by atoms with Crippen molar-refractivity contribution in [2.45, 2.75) is 100 Å². The molecule has 10 heteroatoms. The number of nitrogens with two attached hydrogens (primary N) is 1. The number of sulfonamides is 1. The average Bonchev–Trinajstić information content (AvgIpc) is 3.20. The van der Waals surface area contributed by atoms with Crippen LogP contribution in [0, 0.1) is 17.3 Å². The third kappa shape index (κ3) is 5.25. The van der Waals surface area contributed by atoms with E-state index in [-0.39, 0.29) is 21.1 Å². The molecule has 2 N–H and O–H groups in total. The zero-order chi connectivity index (χ0) is 29.3. The van der Waals surface area contributed by atoms with Crippen LogP contribution in [0.3, 0.4) is 0 Å². The van der Waals surface area contributed by atoms with Gasteiger partial charge in [-0.25, -0.2) is 13.6 Å². The smallest absolute Gasteiger partial charge is 0.312 e. The molecule has 7 nitrogen and oxygen atoms in total. The predicted molar refractivity (Wildman–Crippen MR) is 160 cm³/mol. The number of rotatable bonds is 6. The van der Waals surface area contributed by atoms with Crippen molar-refractivity contribution in [3.8, 4) is 11.5 Å². The van der Waals surface area contributed by atoms with Crippen LogP contribution in [-0.4, -0.2) is 30.4 Å². The molecule has 5 rings (SSSR count). The third-order valence-electron chi connectivity index (χ3n) is 10.5. The Hall–Kier alpha value is -1.88. The summed E-state index contributed by atoms with van der Waals surface area (Å²) in [5, 5.41) is 4.73. The van der Waals surface area contributed by atoms with Gasteiger partial charge in [-0.3, -0.25) is 0 Å². The Bertz CT molecular complexity index is 1510. The summed E-state index contributed by atoms with van der Waals surface area (Å²) in [4.78, 5) is -0.171. The summed E-state index contributed by atoms with van der Waals surface area (Å²) in [6, 6.07) is 12.1. The monoisotopic (exact) mass is 605 g/mol. The van der Waals surface area contributed by atoms with Crippen molar-refractivity contribution in [1.29, 1.82) is 0 Å². The molecule has 0 aromatic heterocycles. The Kier molecular flexibility index (Phi) is 7.29. The van der Waals surface area contributed by atoms with E-state index in [0.717, 1.165) is 37.9 Å². The van der Waals surface area contributed by atoms with E-state index >= 15 is 0 Å². The Labute approximate surface area is 241 Å². The van der Waals surface area contributed by atoms with E-state index in [4.69, 9.17) is 13.7 Å². The summed E-state index contributed by atoms with van der Waals surface area (Å²) in [5.41, 5.74) is 2.39. The van der Waals surface area contributed by atoms with E-state index < -0.39 is 33.7 Å². The standard InChI is InChI=1S/C30H43NO6S2Si/c1-29(2,3)40(5,6)37-22-11-13-24-20(18-22)10-12-26-25(24)16-17-30(4)27(26)14-15-28(30)39(34,35)36-21-8-7-9-23(19-21)38(31,32)33/h7-9,11,13,18-19,25-28H,10,12,14-17H2,1-6H3,(H2,31,32,33)/t25?,26?,27?,28-,30-/m0/s1. The Morgan fingerprint density at radius 2 is 1.68 bits per heavy atom. The maximum atomic E-state index is 13.6. The zero-order valence-corrected chi connectivity index (χ0v) is 27.1. The minimum absolute atomic E-state index is 0.0189. The van der Waals surface area contributed by atoms with Gasteiger partial charge in [0.15, 0.2) is 0 Å². The summed E-state index contributed by atoms with van der Waals surface area (Å²) in [6.45, 7) is 13.4. The lowest BCUT2D eigenvalue weighted by Crippen LogP contribution is -2.47. The van der Waals surface area contributed by atoms with Crippen molar-refractivity contribution in [3.05, 3.63) is 53.6 Å². The molecule has 40 heavy (non-hydrogen) atoms. The van der Waals surface area contributed by atoms with E-state index in [1.807, 2.05) is 0 Å². The maximum Gasteiger partial charge on any atom is 0.312 e. The van der Waals surface area contributed by atoms with Crippen LogP contribution >= 0.6 is 0 Å². The van der Waals surface area contributed by atoms with Crippen LogP contribution in [0.2, 0.25) is 18.1 Å². The van der Waals surface area contributed by atoms with Gasteiger partial charge in [-0.1, -0.05) is 39.8 Å². The largest absolute Gasteiger partial charge is 0.543 e. The molecule has 2 aromatic rings. The number of fused-ring (bicyclic) bond motifs is 5. The molecule has 0 amide bonds. The lowest BCUT2D eigenvalue weighted by Gasteiger charge is -2.50. The fourth-order valence-corrected chi connectivity index (χ4v) is 10.8. The van der Waals surface area contributed by atoms with Crippen LogP contribution in [0.4, 0.5) is 0 Å². The minimum Gasteiger partial charge on any atom is -0.543 e. The topological polar surface area (TPSA) is 113 Å². The van der Waals surface area contributed by atoms with Crippen LogP contribution < -0.4 is 13.7 Å². The fraction of sp³-hybridized carbons (Fsp3) is 0.600. The van der Waals surface area contributed by atoms with Crippen molar-refractivity contribution in [3.63, 3.8) is 0 Å². The fourth-order valence-electron chi connectivity index (χ4n) is 7.39. The second-order valence-electron chi connectivity index (χ2n) is 13.8. The molecule has 220 valence electrons. The first-order valence-corrected chi connectivity index (χ1v) is 20.2. The second-order valence-corrected chi connectivity index (χ2v) is 21.9. The number of aryl methyl sites for hydroxylation is 1. The Morgan fingerprint density at radius 1 is 0.950 bits per heavy atom. The quantitative estimate of drug-likeness (QED) is 0.303. The van der Waals surface area contributed by atoms with Gasteiger partial charge >= 0.3 is 10.1 Å². The summed E-state index contributed by atoms with van der Waals surface area (Å²) >= 11 is 0. The molecule has 2 fully saturated rings. The molecule has 0 aliphatic heterocycles. The van der Waals surface area contributed by atoms with Gasteiger partial charge in [0.2, 0.25) is 18.3 Å². The lowest BCUT2D eigenvalue weighted by atomic mass is 9.56. The average molecular weight is 606 g/mol. The van der Waals surface area contributed by atoms with Crippen LogP contribution in [-0.2, 0) is 26.6 Å². The van der Waals surface area contributed by atoms with Crippen molar-refractivity contribution < 1.29 is 25.4 Å². The molecule has 2 aromatic carbocycles. The molecule has 5 atom stereocenters. The van der Waals surface area contributed by atoms with E-state index in [9.17, 15) is 16.8 Å². The van der Waals surface area contributed by atoms with Gasteiger partial charge in [-0.2, -0.15) is 8.42 Å². The molecule has 0 heterocycles. The number of benzene rings is 2. The molecule has 3 aliphatic carbocycles. The summed E-state index contributed by atoms with van der Waals surface area (Å²) in [5.74, 6) is 2.11. The molecular formula is C30H43NO6S2Si. The number of primary sulfonamides is 1. The third-order valence-corrected chi connectivity index (χ3v) is 17.7. The second kappa shape index (κ2) is 9.85. The molecule has 0 saturated heterocycles. The molecule has 3 aliphatic rings. The summed E-state index contributed by atoms with van der Waals surface area (Å²) < 4.78 is 62.8. The highest BCUT2D eigenvalue weighted by atomic mass is 32.2. The SMILES string of the molecule is CC(C)(C)[Si](C)(C)Oc1ccc2c(c1)CCC1C2CC[C@@]2(C)C1CC[C@@H]2S(=O)(=O)Oc1cccc(S(N)(=O)=O)c1. The molecule has 3 unspecified atom stereocenters. The van der Waals surface area contributed by atoms with Gasteiger partial charge in [-0.05, 0) is 115 Å². The highest BCUT2D eigenvalue weighted by Crippen LogP contribution is 2.62. The van der Waals surface area contributed by atoms with Gasteiger partial charge < -0.3 is 8.61 Å². The van der Waals surface area contributed by atoms with Crippen molar-refractivity contribution in [1.82, 2.24) is 0 Å². The van der Waals surface area contributed by atoms with E-state index in [2.05, 4.69) is 59.0 Å². The lowest BCUT2D eigenvalue weighted by molar-refractivity contribution is 0.0605. The highest BCUT2D eigenvalue weighted by Gasteiger charge is 2.59. The van der Waals surface area contributed by atoms with Gasteiger partial charge in [0.1, 0.15) is 16.7 Å². The molecule has 0 bridgehead atoms. The van der Waals surface area contributed by atoms with Crippen LogP contribution in [0.15, 0.2) is 47.4 Å². The first-order chi connectivity index (χ1) is 18.4. The molecule has 0 radical (unpaired) electrons. The first-order valence-electron chi connectivity index (χ1n) is 14.3. The van der Waals surface area contributed by atoms with E-state index in [0.29, 0.717) is 24.2 Å². The zero-order valence-electron chi connectivity index (χ0n) is 24.4. The predicted octanol–water partition coefficient (Wildman–Crippen LogP) is 6.35. The van der Waals surface area contributed by atoms with Crippen LogP contribution in [0.1, 0.15) is 76.8 Å². The van der Waals surface area contributed by atoms with Crippen LogP contribution in [0.5, 0.6) is 11.5 Å². The summed E-state index contributed by atoms with van der Waals surface area (Å²) in [6.07, 6.45) is 5.18. The van der Waals surface area contributed by atoms with Crippen molar-refractivity contribution >= 4 is 28.5 Å². The van der Waals surface area contributed by atoms with E-state index in [1.54, 1.807) is 0 Å². The number of hydrogen-bond acceptors (Lipinski definition) is 6. The van der Waals surface area contributed by atoms with Gasteiger partial charge in [0.25, 0.3) is 0 Å². The van der Waals surface area contributed by atoms with Crippen molar-refractivity contribution in [2.75, 3.05) is 0 Å². The van der Waals surface area contributed by atoms with E-state index in [1.165, 1.54) is 35.4 Å².